The molecular weight excluding hydrogens is 658 g/mol. The van der Waals surface area contributed by atoms with Crippen LogP contribution in [0.25, 0.3) is 39.1 Å². The summed E-state index contributed by atoms with van der Waals surface area (Å²) in [6.45, 7) is 9.68. The lowest BCUT2D eigenvalue weighted by Gasteiger charge is -2.29. The maximum atomic E-state index is 13.9. The molecule has 270 valence electrons. The van der Waals surface area contributed by atoms with Gasteiger partial charge in [0.05, 0.1) is 37.2 Å². The maximum Gasteiger partial charge on any atom is 0.237 e. The van der Waals surface area contributed by atoms with E-state index in [2.05, 4.69) is 48.4 Å². The summed E-state index contributed by atoms with van der Waals surface area (Å²) in [7, 11) is 0. The van der Waals surface area contributed by atoms with Gasteiger partial charge in [-0.2, -0.15) is 10.2 Å². The summed E-state index contributed by atoms with van der Waals surface area (Å²) in [6.07, 6.45) is 7.04. The summed E-state index contributed by atoms with van der Waals surface area (Å²) in [6, 6.07) is 17.9. The van der Waals surface area contributed by atoms with Gasteiger partial charge in [-0.15, -0.1) is 0 Å². The van der Waals surface area contributed by atoms with Gasteiger partial charge in [-0.1, -0.05) is 30.3 Å². The van der Waals surface area contributed by atoms with Gasteiger partial charge in [0, 0.05) is 60.6 Å². The van der Waals surface area contributed by atoms with Crippen LogP contribution in [-0.4, -0.2) is 109 Å². The fraction of sp³-hybridized carbons (Fsp3) is 0.385. The number of nitrogens with one attached hydrogen (secondary N) is 1. The third-order valence-corrected chi connectivity index (χ3v) is 9.73. The average molecular weight is 704 g/mol. The quantitative estimate of drug-likeness (QED) is 0.190. The molecule has 0 aliphatic carbocycles. The van der Waals surface area contributed by atoms with Crippen molar-refractivity contribution in [3.8, 4) is 28.5 Å². The topological polar surface area (TPSA) is 146 Å². The Morgan fingerprint density at radius 3 is 2.56 bits per heavy atom. The molecule has 5 aromatic rings. The second-order valence-electron chi connectivity index (χ2n) is 13.6. The van der Waals surface area contributed by atoms with Crippen molar-refractivity contribution >= 4 is 34.0 Å². The number of fused-ring (bicyclic) bond motifs is 1. The molecule has 52 heavy (non-hydrogen) atoms. The van der Waals surface area contributed by atoms with E-state index >= 15 is 0 Å². The van der Waals surface area contributed by atoms with E-state index in [0.717, 1.165) is 51.8 Å². The number of anilines is 1. The number of H-pyrrole nitrogens is 1. The van der Waals surface area contributed by atoms with Crippen molar-refractivity contribution in [2.75, 3.05) is 50.8 Å². The Hall–Kier alpha value is -5.40. The zero-order valence-corrected chi connectivity index (χ0v) is 29.9. The third kappa shape index (κ3) is 7.60. The number of carbonyl (C=O) groups is 2. The molecule has 2 amide bonds. The van der Waals surface area contributed by atoms with Gasteiger partial charge in [-0.05, 0) is 75.6 Å². The normalized spacial score (nSPS) is 16.4. The van der Waals surface area contributed by atoms with E-state index in [1.165, 1.54) is 5.57 Å². The molecule has 0 bridgehead atoms. The summed E-state index contributed by atoms with van der Waals surface area (Å²) in [5.41, 5.74) is 6.58. The summed E-state index contributed by atoms with van der Waals surface area (Å²) < 4.78 is 7.32. The molecule has 2 aliphatic heterocycles. The molecule has 3 aromatic heterocycles. The first-order chi connectivity index (χ1) is 25.3. The number of hydrogen-bond acceptors (Lipinski definition) is 9. The summed E-state index contributed by atoms with van der Waals surface area (Å²) in [5, 5.41) is 22.1. The van der Waals surface area contributed by atoms with Gasteiger partial charge in [-0.3, -0.25) is 24.3 Å². The number of amides is 2. The average Bonchev–Trinajstić information content (AvgIpc) is 3.93. The number of nitrogens with zero attached hydrogens (tertiary/aromatic N) is 8. The van der Waals surface area contributed by atoms with Crippen LogP contribution < -0.4 is 9.64 Å². The molecule has 5 heterocycles. The first kappa shape index (κ1) is 35.0. The van der Waals surface area contributed by atoms with Crippen LogP contribution in [0.3, 0.4) is 0 Å². The molecule has 1 saturated heterocycles. The molecule has 13 heteroatoms. The summed E-state index contributed by atoms with van der Waals surface area (Å²) in [4.78, 5) is 41.9. The van der Waals surface area contributed by atoms with Gasteiger partial charge in [0.2, 0.25) is 17.7 Å². The van der Waals surface area contributed by atoms with Crippen LogP contribution in [0.1, 0.15) is 39.2 Å². The smallest absolute Gasteiger partial charge is 0.237 e. The second-order valence-corrected chi connectivity index (χ2v) is 13.6. The van der Waals surface area contributed by atoms with Gasteiger partial charge in [0.1, 0.15) is 12.0 Å². The van der Waals surface area contributed by atoms with Gasteiger partial charge in [0.15, 0.2) is 5.82 Å². The number of aromatic nitrogens is 6. The monoisotopic (exact) mass is 703 g/mol. The molecule has 0 spiro atoms. The van der Waals surface area contributed by atoms with Gasteiger partial charge >= 0.3 is 0 Å². The lowest BCUT2D eigenvalue weighted by molar-refractivity contribution is -0.132. The highest BCUT2D eigenvalue weighted by molar-refractivity contribution is 6.00. The molecule has 2 N–H and O–H groups in total. The van der Waals surface area contributed by atoms with Crippen molar-refractivity contribution in [3.05, 3.63) is 78.8 Å². The van der Waals surface area contributed by atoms with E-state index < -0.39 is 0 Å². The molecule has 0 saturated carbocycles. The first-order valence-electron chi connectivity index (χ1n) is 18.0. The third-order valence-electron chi connectivity index (χ3n) is 9.73. The Morgan fingerprint density at radius 1 is 1.04 bits per heavy atom. The van der Waals surface area contributed by atoms with E-state index in [-0.39, 0.29) is 30.4 Å². The van der Waals surface area contributed by atoms with E-state index in [0.29, 0.717) is 57.5 Å². The molecule has 13 nitrogen and oxygen atoms in total. The molecule has 1 unspecified atom stereocenters. The minimum Gasteiger partial charge on any atom is -0.475 e. The molecule has 1 atom stereocenters. The fourth-order valence-corrected chi connectivity index (χ4v) is 7.01. The zero-order chi connectivity index (χ0) is 36.2. The van der Waals surface area contributed by atoms with Gasteiger partial charge in [0.25, 0.3) is 0 Å². The van der Waals surface area contributed by atoms with E-state index in [1.807, 2.05) is 73.0 Å². The minimum atomic E-state index is -0.181. The lowest BCUT2D eigenvalue weighted by Crippen LogP contribution is -2.42. The fourth-order valence-electron chi connectivity index (χ4n) is 7.01. The molecule has 0 radical (unpaired) electrons. The first-order valence-corrected chi connectivity index (χ1v) is 18.0. The highest BCUT2D eigenvalue weighted by Crippen LogP contribution is 2.32. The largest absolute Gasteiger partial charge is 0.475 e. The molecular formula is C39H45N9O4. The van der Waals surface area contributed by atoms with Crippen molar-refractivity contribution in [1.29, 1.82) is 0 Å². The summed E-state index contributed by atoms with van der Waals surface area (Å²) in [5.74, 6) is 1.17. The molecule has 7 rings (SSSR count). The van der Waals surface area contributed by atoms with Crippen molar-refractivity contribution < 1.29 is 19.4 Å². The van der Waals surface area contributed by atoms with Crippen LogP contribution in [0.4, 0.5) is 5.69 Å². The Balaban J connectivity index is 0.940. The van der Waals surface area contributed by atoms with Gasteiger partial charge < -0.3 is 19.6 Å². The number of aliphatic hydroxyl groups excluding tert-OH is 1. The second kappa shape index (κ2) is 15.5. The number of hydrogen-bond donors (Lipinski definition) is 2. The SMILES string of the molecule is CCN(C(=O)C1CCN(CC(=O)N2CC=C(c3ccc(-c4ncn(CCO)n4)cc3)CC2)C1)c1ccc2[nH]nc(-c3ccc(OC(C)C)nc3)c2c1. The van der Waals surface area contributed by atoms with Crippen LogP contribution in [0, 0.1) is 5.92 Å². The lowest BCUT2D eigenvalue weighted by atomic mass is 9.98. The van der Waals surface area contributed by atoms with Crippen molar-refractivity contribution in [2.24, 2.45) is 5.92 Å². The standard InChI is InChI=1S/C39H45N9O4/c1-4-48(32-10-11-34-33(21-32)37(43-42-34)30-9-12-35(40-22-30)52-26(2)3)39(51)31-13-16-45(23-31)24-36(50)46-17-14-28(15-18-46)27-5-7-29(8-6-27)38-41-25-47(44-38)19-20-49/h5-12,14,21-22,25-26,31,49H,4,13,15-20,23-24H2,1-3H3,(H,42,43). The predicted molar refractivity (Wildman–Crippen MR) is 199 cm³/mol. The van der Waals surface area contributed by atoms with Crippen LogP contribution in [-0.2, 0) is 16.1 Å². The molecule has 1 fully saturated rings. The van der Waals surface area contributed by atoms with E-state index in [4.69, 9.17) is 9.84 Å². The van der Waals surface area contributed by atoms with E-state index in [1.54, 1.807) is 17.2 Å². The number of aliphatic hydroxyl groups is 1. The minimum absolute atomic E-state index is 0.0169. The number of carbonyl (C=O) groups excluding carboxylic acids is 2. The Labute approximate surface area is 302 Å². The number of pyridine rings is 1. The highest BCUT2D eigenvalue weighted by Gasteiger charge is 2.33. The Morgan fingerprint density at radius 2 is 1.85 bits per heavy atom. The molecule has 2 aliphatic rings. The number of rotatable bonds is 12. The predicted octanol–water partition coefficient (Wildman–Crippen LogP) is 4.65. The maximum absolute atomic E-state index is 13.9. The molecule has 2 aromatic carbocycles. The van der Waals surface area contributed by atoms with Crippen LogP contribution in [0.2, 0.25) is 0 Å². The van der Waals surface area contributed by atoms with E-state index in [9.17, 15) is 9.59 Å². The van der Waals surface area contributed by atoms with Crippen molar-refractivity contribution in [1.82, 2.24) is 39.7 Å². The number of aromatic amines is 1. The number of ether oxygens (including phenoxy) is 1. The summed E-state index contributed by atoms with van der Waals surface area (Å²) >= 11 is 0. The van der Waals surface area contributed by atoms with Crippen LogP contribution in [0.5, 0.6) is 5.88 Å². The van der Waals surface area contributed by atoms with Crippen molar-refractivity contribution in [2.45, 2.75) is 46.3 Å². The van der Waals surface area contributed by atoms with Crippen molar-refractivity contribution in [3.63, 3.8) is 0 Å². The number of benzene rings is 2. The van der Waals surface area contributed by atoms with Crippen LogP contribution in [0.15, 0.2) is 73.2 Å². The zero-order valence-electron chi connectivity index (χ0n) is 29.9. The Bertz CT molecular complexity index is 2050. The number of likely N-dealkylation sites (tertiary alicyclic amines) is 1. The Kier molecular flexibility index (Phi) is 10.4. The van der Waals surface area contributed by atoms with Gasteiger partial charge in [-0.25, -0.2) is 9.97 Å². The van der Waals surface area contributed by atoms with Crippen LogP contribution >= 0.6 is 0 Å². The highest BCUT2D eigenvalue weighted by atomic mass is 16.5.